The van der Waals surface area contributed by atoms with Crippen LogP contribution in [0.1, 0.15) is 27.3 Å². The van der Waals surface area contributed by atoms with E-state index in [-0.39, 0.29) is 5.78 Å². The monoisotopic (exact) mass is 452 g/mol. The molecule has 0 amide bonds. The number of nitrogens with one attached hydrogen (secondary N) is 1. The van der Waals surface area contributed by atoms with Crippen molar-refractivity contribution in [2.24, 2.45) is 0 Å². The summed E-state index contributed by atoms with van der Waals surface area (Å²) in [5.74, 6) is 1.99. The lowest BCUT2D eigenvalue weighted by molar-refractivity contribution is -0.638. The standard InChI is InChI=1S/C28H25N3O3/c1-19-26(24(32)17-16-21-12-9-15-25(33-2)27(21)34-3)31-23-14-8-7-13-22(23)30(28(31)29-19)18-20-10-5-4-6-11-20/h4-17H,18H2,1-3H3/p+1. The van der Waals surface area contributed by atoms with Gasteiger partial charge in [-0.2, -0.15) is 4.40 Å². The zero-order valence-electron chi connectivity index (χ0n) is 19.4. The molecule has 5 aromatic rings. The Morgan fingerprint density at radius 1 is 0.971 bits per heavy atom. The molecular formula is C28H26N3O3+. The average Bonchev–Trinajstić information content (AvgIpc) is 3.36. The van der Waals surface area contributed by atoms with E-state index >= 15 is 0 Å². The minimum Gasteiger partial charge on any atom is -0.493 e. The molecule has 170 valence electrons. The second kappa shape index (κ2) is 8.90. The van der Waals surface area contributed by atoms with E-state index in [1.54, 1.807) is 26.4 Å². The second-order valence-electron chi connectivity index (χ2n) is 8.10. The Morgan fingerprint density at radius 2 is 1.74 bits per heavy atom. The third-order valence-electron chi connectivity index (χ3n) is 6.02. The summed E-state index contributed by atoms with van der Waals surface area (Å²) < 4.78 is 15.1. The summed E-state index contributed by atoms with van der Waals surface area (Å²) in [4.78, 5) is 16.9. The SMILES string of the molecule is COc1cccc(C=CC(=O)c2c(C)[nH]c3n2c2ccccc2[n+]3Cc2ccccc2)c1OC. The number of hydrogen-bond donors (Lipinski definition) is 1. The fourth-order valence-electron chi connectivity index (χ4n) is 4.48. The number of aryl methyl sites for hydroxylation is 1. The maximum atomic E-state index is 13.5. The molecule has 6 heteroatoms. The molecule has 0 unspecified atom stereocenters. The van der Waals surface area contributed by atoms with E-state index in [0.29, 0.717) is 23.7 Å². The van der Waals surface area contributed by atoms with Gasteiger partial charge in [-0.05, 0) is 42.8 Å². The lowest BCUT2D eigenvalue weighted by Gasteiger charge is -2.09. The molecule has 0 atom stereocenters. The van der Waals surface area contributed by atoms with Gasteiger partial charge in [-0.15, -0.1) is 0 Å². The lowest BCUT2D eigenvalue weighted by Crippen LogP contribution is -2.34. The van der Waals surface area contributed by atoms with E-state index in [0.717, 1.165) is 28.1 Å². The number of aromatic amines is 1. The van der Waals surface area contributed by atoms with Crippen molar-refractivity contribution in [3.63, 3.8) is 0 Å². The molecule has 0 saturated carbocycles. The first-order valence-corrected chi connectivity index (χ1v) is 11.1. The first-order chi connectivity index (χ1) is 16.6. The molecule has 34 heavy (non-hydrogen) atoms. The maximum absolute atomic E-state index is 13.5. The third kappa shape index (κ3) is 3.63. The highest BCUT2D eigenvalue weighted by Crippen LogP contribution is 2.31. The number of hydrogen-bond acceptors (Lipinski definition) is 3. The van der Waals surface area contributed by atoms with Gasteiger partial charge in [0.05, 0.1) is 20.8 Å². The van der Waals surface area contributed by atoms with E-state index in [9.17, 15) is 4.79 Å². The molecule has 5 rings (SSSR count). The molecule has 0 aliphatic carbocycles. The smallest absolute Gasteiger partial charge is 0.368 e. The van der Waals surface area contributed by atoms with Crippen LogP contribution in [0.5, 0.6) is 11.5 Å². The zero-order chi connectivity index (χ0) is 23.7. The summed E-state index contributed by atoms with van der Waals surface area (Å²) in [5, 5.41) is 0. The van der Waals surface area contributed by atoms with Crippen molar-refractivity contribution < 1.29 is 18.8 Å². The number of para-hydroxylation sites is 3. The normalized spacial score (nSPS) is 11.5. The lowest BCUT2D eigenvalue weighted by atomic mass is 10.1. The molecule has 0 saturated heterocycles. The van der Waals surface area contributed by atoms with E-state index < -0.39 is 0 Å². The van der Waals surface area contributed by atoms with Crippen LogP contribution in [0.25, 0.3) is 22.9 Å². The average molecular weight is 453 g/mol. The molecule has 0 aliphatic rings. The zero-order valence-corrected chi connectivity index (χ0v) is 19.4. The summed E-state index contributed by atoms with van der Waals surface area (Å²) in [6.07, 6.45) is 3.36. The summed E-state index contributed by atoms with van der Waals surface area (Å²) in [6, 6.07) is 24.0. The van der Waals surface area contributed by atoms with E-state index in [4.69, 9.17) is 9.47 Å². The van der Waals surface area contributed by atoms with E-state index in [2.05, 4.69) is 27.8 Å². The van der Waals surface area contributed by atoms with Gasteiger partial charge >= 0.3 is 5.78 Å². The van der Waals surface area contributed by atoms with Crippen molar-refractivity contribution in [1.29, 1.82) is 0 Å². The molecule has 0 radical (unpaired) electrons. The number of aromatic nitrogens is 3. The molecule has 3 aromatic carbocycles. The Bertz CT molecular complexity index is 1530. The fourth-order valence-corrected chi connectivity index (χ4v) is 4.48. The number of benzene rings is 3. The highest BCUT2D eigenvalue weighted by molar-refractivity contribution is 6.07. The minimum absolute atomic E-state index is 0.0961. The third-order valence-corrected chi connectivity index (χ3v) is 6.02. The van der Waals surface area contributed by atoms with Crippen molar-refractivity contribution in [2.75, 3.05) is 14.2 Å². The van der Waals surface area contributed by atoms with Gasteiger partial charge in [-0.25, -0.2) is 9.55 Å². The number of ether oxygens (including phenoxy) is 2. The van der Waals surface area contributed by atoms with Gasteiger partial charge in [0.15, 0.2) is 17.2 Å². The van der Waals surface area contributed by atoms with Crippen LogP contribution in [-0.2, 0) is 6.54 Å². The summed E-state index contributed by atoms with van der Waals surface area (Å²) in [6.45, 7) is 2.63. The van der Waals surface area contributed by atoms with Crippen LogP contribution in [0, 0.1) is 6.92 Å². The Labute approximate surface area is 197 Å². The highest BCUT2D eigenvalue weighted by Gasteiger charge is 2.28. The van der Waals surface area contributed by atoms with Crippen molar-refractivity contribution in [1.82, 2.24) is 9.38 Å². The van der Waals surface area contributed by atoms with Gasteiger partial charge in [0.1, 0.15) is 16.7 Å². The van der Waals surface area contributed by atoms with Gasteiger partial charge in [0.25, 0.3) is 0 Å². The van der Waals surface area contributed by atoms with Crippen LogP contribution in [0.15, 0.2) is 78.9 Å². The number of H-pyrrole nitrogens is 1. The quantitative estimate of drug-likeness (QED) is 0.215. The van der Waals surface area contributed by atoms with Gasteiger partial charge in [-0.3, -0.25) is 4.79 Å². The van der Waals surface area contributed by atoms with Gasteiger partial charge in [-0.1, -0.05) is 54.6 Å². The molecule has 0 bridgehead atoms. The number of methoxy groups -OCH3 is 2. The first kappa shape index (κ1) is 21.5. The molecule has 6 nitrogen and oxygen atoms in total. The summed E-state index contributed by atoms with van der Waals surface area (Å²) in [7, 11) is 3.19. The van der Waals surface area contributed by atoms with Gasteiger partial charge < -0.3 is 9.47 Å². The number of allylic oxidation sites excluding steroid dienone is 1. The Morgan fingerprint density at radius 3 is 2.50 bits per heavy atom. The van der Waals surface area contributed by atoms with Gasteiger partial charge in [0, 0.05) is 5.56 Å². The summed E-state index contributed by atoms with van der Waals surface area (Å²) in [5.41, 5.74) is 5.43. The number of nitrogens with zero attached hydrogens (tertiary/aromatic N) is 2. The number of fused-ring (bicyclic) bond motifs is 3. The predicted molar refractivity (Wildman–Crippen MR) is 133 cm³/mol. The highest BCUT2D eigenvalue weighted by atomic mass is 16.5. The minimum atomic E-state index is -0.0961. The molecule has 1 N–H and O–H groups in total. The van der Waals surface area contributed by atoms with E-state index in [1.165, 1.54) is 5.56 Å². The van der Waals surface area contributed by atoms with Crippen LogP contribution in [0.4, 0.5) is 0 Å². The fraction of sp³-hybridized carbons (Fsp3) is 0.143. The molecule has 0 aliphatic heterocycles. The Balaban J connectivity index is 1.61. The largest absolute Gasteiger partial charge is 0.493 e. The van der Waals surface area contributed by atoms with Crippen molar-refractivity contribution in [3.8, 4) is 11.5 Å². The van der Waals surface area contributed by atoms with Gasteiger partial charge in [0.2, 0.25) is 5.78 Å². The Kier molecular flexibility index (Phi) is 5.64. The molecule has 0 fully saturated rings. The Hall–Kier alpha value is -4.32. The summed E-state index contributed by atoms with van der Waals surface area (Å²) >= 11 is 0. The number of carbonyl (C=O) groups is 1. The number of imidazole rings is 2. The first-order valence-electron chi connectivity index (χ1n) is 11.1. The topological polar surface area (TPSA) is 59.6 Å². The molecular weight excluding hydrogens is 426 g/mol. The molecule has 0 spiro atoms. The predicted octanol–water partition coefficient (Wildman–Crippen LogP) is 4.98. The molecule has 2 aromatic heterocycles. The van der Waals surface area contributed by atoms with Crippen LogP contribution in [0.3, 0.4) is 0 Å². The van der Waals surface area contributed by atoms with Crippen molar-refractivity contribution >= 4 is 28.7 Å². The van der Waals surface area contributed by atoms with Crippen LogP contribution >= 0.6 is 0 Å². The number of rotatable bonds is 7. The second-order valence-corrected chi connectivity index (χ2v) is 8.10. The number of carbonyl (C=O) groups excluding carboxylic acids is 1. The van der Waals surface area contributed by atoms with E-state index in [1.807, 2.05) is 65.9 Å². The van der Waals surface area contributed by atoms with Crippen LogP contribution < -0.4 is 14.0 Å². The number of ketones is 1. The van der Waals surface area contributed by atoms with Crippen molar-refractivity contribution in [2.45, 2.75) is 13.5 Å². The maximum Gasteiger partial charge on any atom is 0.368 e. The van der Waals surface area contributed by atoms with Crippen molar-refractivity contribution in [3.05, 3.63) is 101 Å². The van der Waals surface area contributed by atoms with Crippen LogP contribution in [0.2, 0.25) is 0 Å². The molecule has 2 heterocycles. The van der Waals surface area contributed by atoms with Crippen LogP contribution in [-0.4, -0.2) is 29.4 Å².